The molecule has 0 aliphatic carbocycles. The number of hydrogen-bond acceptors (Lipinski definition) is 2. The van der Waals surface area contributed by atoms with Crippen molar-refractivity contribution in [3.8, 4) is 0 Å². The minimum Gasteiger partial charge on any atom is -0.329 e. The summed E-state index contributed by atoms with van der Waals surface area (Å²) in [6.45, 7) is 7.41. The lowest BCUT2D eigenvalue weighted by Crippen LogP contribution is -2.54. The van der Waals surface area contributed by atoms with Gasteiger partial charge in [-0.2, -0.15) is 0 Å². The molecule has 1 heterocycles. The fraction of sp³-hybridized carbons (Fsp3) is 0.533. The number of nitrogens with zero attached hydrogens (tertiary/aromatic N) is 2. The first kappa shape index (κ1) is 15.1. The second-order valence-corrected chi connectivity index (χ2v) is 6.29. The molecule has 4 nitrogen and oxygen atoms in total. The molecule has 5 heteroatoms. The van der Waals surface area contributed by atoms with Crippen LogP contribution in [-0.4, -0.2) is 49.1 Å². The highest BCUT2D eigenvalue weighted by Crippen LogP contribution is 2.22. The van der Waals surface area contributed by atoms with Crippen LogP contribution in [0.3, 0.4) is 0 Å². The van der Waals surface area contributed by atoms with Gasteiger partial charge in [0.25, 0.3) is 0 Å². The maximum Gasteiger partial charge on any atom is 0.318 e. The van der Waals surface area contributed by atoms with Crippen LogP contribution in [0.1, 0.15) is 19.4 Å². The van der Waals surface area contributed by atoms with Crippen molar-refractivity contribution in [2.24, 2.45) is 0 Å². The number of nitrogens with one attached hydrogen (secondary N) is 1. The van der Waals surface area contributed by atoms with Gasteiger partial charge in [0.15, 0.2) is 0 Å². The minimum absolute atomic E-state index is 0.00181. The molecule has 2 rings (SSSR count). The first-order valence-corrected chi connectivity index (χ1v) is 7.28. The highest BCUT2D eigenvalue weighted by atomic mass is 35.5. The third-order valence-electron chi connectivity index (χ3n) is 3.78. The molecule has 1 saturated heterocycles. The molecule has 0 bridgehead atoms. The van der Waals surface area contributed by atoms with Crippen LogP contribution in [0.5, 0.6) is 0 Å². The summed E-state index contributed by atoms with van der Waals surface area (Å²) in [5.74, 6) is 0. The van der Waals surface area contributed by atoms with Gasteiger partial charge in [0, 0.05) is 31.2 Å². The highest BCUT2D eigenvalue weighted by molar-refractivity contribution is 6.30. The Morgan fingerprint density at radius 1 is 1.15 bits per heavy atom. The summed E-state index contributed by atoms with van der Waals surface area (Å²) in [5.41, 5.74) is 0.634. The number of likely N-dealkylation sites (N-methyl/N-ethyl adjacent to an activating group) is 1. The molecule has 1 N–H and O–H groups in total. The molecule has 1 aromatic rings. The average Bonchev–Trinajstić information content (AvgIpc) is 2.39. The molecule has 1 aliphatic rings. The number of piperazine rings is 1. The van der Waals surface area contributed by atoms with Gasteiger partial charge in [-0.3, -0.25) is 0 Å². The third-order valence-corrected chi connectivity index (χ3v) is 4.03. The van der Waals surface area contributed by atoms with Crippen molar-refractivity contribution < 1.29 is 4.79 Å². The van der Waals surface area contributed by atoms with E-state index in [9.17, 15) is 4.79 Å². The Bertz CT molecular complexity index is 465. The predicted molar refractivity (Wildman–Crippen MR) is 82.1 cm³/mol. The number of amides is 2. The van der Waals surface area contributed by atoms with E-state index in [0.29, 0.717) is 5.02 Å². The molecular weight excluding hydrogens is 274 g/mol. The highest BCUT2D eigenvalue weighted by Gasteiger charge is 2.26. The van der Waals surface area contributed by atoms with Crippen LogP contribution in [0, 0.1) is 0 Å². The Kier molecular flexibility index (Phi) is 4.55. The van der Waals surface area contributed by atoms with E-state index in [1.54, 1.807) is 0 Å². The molecule has 20 heavy (non-hydrogen) atoms. The van der Waals surface area contributed by atoms with Gasteiger partial charge in [0.05, 0.1) is 5.54 Å². The molecular formula is C15H22ClN3O. The number of carbonyl (C=O) groups is 1. The van der Waals surface area contributed by atoms with Gasteiger partial charge in [0.2, 0.25) is 0 Å². The Labute approximate surface area is 125 Å². The van der Waals surface area contributed by atoms with E-state index in [4.69, 9.17) is 11.6 Å². The molecule has 0 unspecified atom stereocenters. The van der Waals surface area contributed by atoms with Gasteiger partial charge < -0.3 is 15.1 Å². The van der Waals surface area contributed by atoms with E-state index in [-0.39, 0.29) is 6.03 Å². The SMILES string of the molecule is CN1CCN(C(=O)NC(C)(C)c2ccc(Cl)cc2)CC1. The van der Waals surface area contributed by atoms with E-state index in [1.165, 1.54) is 0 Å². The number of urea groups is 1. The van der Waals surface area contributed by atoms with Crippen molar-refractivity contribution in [2.75, 3.05) is 33.2 Å². The Balaban J connectivity index is 2.00. The first-order valence-electron chi connectivity index (χ1n) is 6.90. The number of halogens is 1. The van der Waals surface area contributed by atoms with Gasteiger partial charge in [0.1, 0.15) is 0 Å². The van der Waals surface area contributed by atoms with Crippen molar-refractivity contribution in [2.45, 2.75) is 19.4 Å². The fourth-order valence-corrected chi connectivity index (χ4v) is 2.42. The molecule has 0 saturated carbocycles. The quantitative estimate of drug-likeness (QED) is 0.910. The zero-order valence-electron chi connectivity index (χ0n) is 12.3. The molecule has 1 aliphatic heterocycles. The lowest BCUT2D eigenvalue weighted by atomic mass is 9.94. The van der Waals surface area contributed by atoms with E-state index in [1.807, 2.05) is 43.0 Å². The molecule has 0 aromatic heterocycles. The number of benzene rings is 1. The Hall–Kier alpha value is -1.26. The summed E-state index contributed by atoms with van der Waals surface area (Å²) < 4.78 is 0. The van der Waals surface area contributed by atoms with E-state index < -0.39 is 5.54 Å². The van der Waals surface area contributed by atoms with Crippen LogP contribution in [0.2, 0.25) is 5.02 Å². The van der Waals surface area contributed by atoms with Crippen molar-refractivity contribution in [3.05, 3.63) is 34.9 Å². The molecule has 0 spiro atoms. The molecule has 2 amide bonds. The van der Waals surface area contributed by atoms with Gasteiger partial charge in [-0.15, -0.1) is 0 Å². The zero-order valence-corrected chi connectivity index (χ0v) is 13.1. The van der Waals surface area contributed by atoms with Crippen molar-refractivity contribution in [1.29, 1.82) is 0 Å². The monoisotopic (exact) mass is 295 g/mol. The standard InChI is InChI=1S/C15H22ClN3O/c1-15(2,12-4-6-13(16)7-5-12)17-14(20)19-10-8-18(3)9-11-19/h4-7H,8-11H2,1-3H3,(H,17,20). The van der Waals surface area contributed by atoms with Gasteiger partial charge >= 0.3 is 6.03 Å². The third kappa shape index (κ3) is 3.64. The van der Waals surface area contributed by atoms with Gasteiger partial charge in [-0.1, -0.05) is 23.7 Å². The zero-order chi connectivity index (χ0) is 14.8. The Morgan fingerprint density at radius 3 is 2.25 bits per heavy atom. The summed E-state index contributed by atoms with van der Waals surface area (Å²) in [7, 11) is 2.08. The maximum absolute atomic E-state index is 12.3. The molecule has 1 fully saturated rings. The van der Waals surface area contributed by atoms with Crippen LogP contribution in [0.25, 0.3) is 0 Å². The van der Waals surface area contributed by atoms with Crippen LogP contribution in [-0.2, 0) is 5.54 Å². The summed E-state index contributed by atoms with van der Waals surface area (Å²) >= 11 is 5.90. The summed E-state index contributed by atoms with van der Waals surface area (Å²) in [5, 5.41) is 3.81. The van der Waals surface area contributed by atoms with Crippen molar-refractivity contribution in [3.63, 3.8) is 0 Å². The largest absolute Gasteiger partial charge is 0.329 e. The smallest absolute Gasteiger partial charge is 0.318 e. The fourth-order valence-electron chi connectivity index (χ4n) is 2.29. The lowest BCUT2D eigenvalue weighted by molar-refractivity contribution is 0.147. The predicted octanol–water partition coefficient (Wildman–Crippen LogP) is 2.53. The number of hydrogen-bond donors (Lipinski definition) is 1. The second-order valence-electron chi connectivity index (χ2n) is 5.85. The van der Waals surface area contributed by atoms with Crippen LogP contribution in [0.4, 0.5) is 4.79 Å². The van der Waals surface area contributed by atoms with Crippen molar-refractivity contribution >= 4 is 17.6 Å². The van der Waals surface area contributed by atoms with Gasteiger partial charge in [-0.05, 0) is 38.6 Å². The number of carbonyl (C=O) groups excluding carboxylic acids is 1. The molecule has 1 aromatic carbocycles. The number of rotatable bonds is 2. The van der Waals surface area contributed by atoms with Crippen molar-refractivity contribution in [1.82, 2.24) is 15.1 Å². The summed E-state index contributed by atoms with van der Waals surface area (Å²) in [6.07, 6.45) is 0. The van der Waals surface area contributed by atoms with Crippen LogP contribution < -0.4 is 5.32 Å². The molecule has 0 atom stereocenters. The molecule has 0 radical (unpaired) electrons. The van der Waals surface area contributed by atoms with E-state index in [2.05, 4.69) is 17.3 Å². The van der Waals surface area contributed by atoms with Crippen LogP contribution in [0.15, 0.2) is 24.3 Å². The lowest BCUT2D eigenvalue weighted by Gasteiger charge is -2.35. The molecule has 110 valence electrons. The maximum atomic E-state index is 12.3. The van der Waals surface area contributed by atoms with E-state index in [0.717, 1.165) is 31.7 Å². The average molecular weight is 296 g/mol. The van der Waals surface area contributed by atoms with E-state index >= 15 is 0 Å². The topological polar surface area (TPSA) is 35.6 Å². The minimum atomic E-state index is -0.412. The normalized spacial score (nSPS) is 17.1. The van der Waals surface area contributed by atoms with Crippen LogP contribution >= 0.6 is 11.6 Å². The van der Waals surface area contributed by atoms with Gasteiger partial charge in [-0.25, -0.2) is 4.79 Å². The Morgan fingerprint density at radius 2 is 1.70 bits per heavy atom. The summed E-state index contributed by atoms with van der Waals surface area (Å²) in [6, 6.07) is 7.60. The second kappa shape index (κ2) is 6.02. The summed E-state index contributed by atoms with van der Waals surface area (Å²) in [4.78, 5) is 16.4. The first-order chi connectivity index (χ1) is 9.38.